The van der Waals surface area contributed by atoms with Gasteiger partial charge >= 0.3 is 0 Å². The fourth-order valence-corrected chi connectivity index (χ4v) is 2.36. The second-order valence-electron chi connectivity index (χ2n) is 5.11. The minimum Gasteiger partial charge on any atom is -0.493 e. The van der Waals surface area contributed by atoms with E-state index < -0.39 is 0 Å². The lowest BCUT2D eigenvalue weighted by Crippen LogP contribution is -2.18. The Bertz CT molecular complexity index is 556. The van der Waals surface area contributed by atoms with Crippen LogP contribution in [0.2, 0.25) is 5.02 Å². The van der Waals surface area contributed by atoms with Crippen LogP contribution in [0, 0.1) is 0 Å². The van der Waals surface area contributed by atoms with Crippen LogP contribution >= 0.6 is 11.6 Å². The molecule has 1 N–H and O–H groups in total. The number of hydrogen-bond acceptors (Lipinski definition) is 2. The largest absolute Gasteiger partial charge is 0.493 e. The van der Waals surface area contributed by atoms with E-state index in [2.05, 4.69) is 43.4 Å². The molecule has 0 amide bonds. The van der Waals surface area contributed by atoms with Gasteiger partial charge in [0.2, 0.25) is 0 Å². The standard InChI is InChI=1S/C18H22ClNO/c1-3-11-21-18-10-9-17(19)12-16(18)13-20-14(2)15-7-5-4-6-8-15/h4-10,12,14,20H,3,11,13H2,1-2H3/t14-/m0/s1. The Kier molecular flexibility index (Phi) is 6.09. The van der Waals surface area contributed by atoms with Gasteiger partial charge in [-0.25, -0.2) is 0 Å². The van der Waals surface area contributed by atoms with E-state index in [0.29, 0.717) is 0 Å². The lowest BCUT2D eigenvalue weighted by atomic mass is 10.1. The third-order valence-electron chi connectivity index (χ3n) is 3.38. The number of hydrogen-bond donors (Lipinski definition) is 1. The summed E-state index contributed by atoms with van der Waals surface area (Å²) >= 11 is 6.10. The molecule has 0 saturated carbocycles. The van der Waals surface area contributed by atoms with Crippen LogP contribution in [0.3, 0.4) is 0 Å². The summed E-state index contributed by atoms with van der Waals surface area (Å²) < 4.78 is 5.78. The molecule has 0 bridgehead atoms. The zero-order valence-electron chi connectivity index (χ0n) is 12.6. The first kappa shape index (κ1) is 15.9. The molecule has 0 aliphatic carbocycles. The first-order chi connectivity index (χ1) is 10.2. The second-order valence-corrected chi connectivity index (χ2v) is 5.55. The molecule has 2 rings (SSSR count). The molecule has 112 valence electrons. The highest BCUT2D eigenvalue weighted by Crippen LogP contribution is 2.24. The van der Waals surface area contributed by atoms with Gasteiger partial charge in [-0.15, -0.1) is 0 Å². The lowest BCUT2D eigenvalue weighted by molar-refractivity contribution is 0.313. The van der Waals surface area contributed by atoms with Crippen LogP contribution < -0.4 is 10.1 Å². The van der Waals surface area contributed by atoms with Gasteiger partial charge in [-0.1, -0.05) is 48.9 Å². The van der Waals surface area contributed by atoms with Gasteiger partial charge in [0.05, 0.1) is 6.61 Å². The Morgan fingerprint density at radius 3 is 2.62 bits per heavy atom. The molecule has 0 radical (unpaired) electrons. The number of nitrogens with one attached hydrogen (secondary N) is 1. The highest BCUT2D eigenvalue weighted by molar-refractivity contribution is 6.30. The maximum Gasteiger partial charge on any atom is 0.123 e. The van der Waals surface area contributed by atoms with Gasteiger partial charge in [-0.05, 0) is 37.1 Å². The Hall–Kier alpha value is -1.51. The summed E-state index contributed by atoms with van der Waals surface area (Å²) in [5.74, 6) is 0.911. The van der Waals surface area contributed by atoms with E-state index in [0.717, 1.165) is 35.9 Å². The van der Waals surface area contributed by atoms with Gasteiger partial charge in [0, 0.05) is 23.2 Å². The molecule has 0 fully saturated rings. The first-order valence-corrected chi connectivity index (χ1v) is 7.78. The van der Waals surface area contributed by atoms with E-state index in [-0.39, 0.29) is 6.04 Å². The molecule has 0 saturated heterocycles. The van der Waals surface area contributed by atoms with Crippen molar-refractivity contribution in [3.63, 3.8) is 0 Å². The van der Waals surface area contributed by atoms with Crippen LogP contribution in [0.1, 0.15) is 37.4 Å². The molecule has 1 atom stereocenters. The molecule has 3 heteroatoms. The third-order valence-corrected chi connectivity index (χ3v) is 3.62. The summed E-state index contributed by atoms with van der Waals surface area (Å²) in [5.41, 5.74) is 2.37. The molecule has 2 aromatic rings. The maximum atomic E-state index is 6.10. The van der Waals surface area contributed by atoms with E-state index >= 15 is 0 Å². The van der Waals surface area contributed by atoms with Crippen molar-refractivity contribution >= 4 is 11.6 Å². The second kappa shape index (κ2) is 8.06. The Balaban J connectivity index is 2.03. The summed E-state index contributed by atoms with van der Waals surface area (Å²) in [6, 6.07) is 16.5. The van der Waals surface area contributed by atoms with Crippen molar-refractivity contribution in [1.82, 2.24) is 5.32 Å². The highest BCUT2D eigenvalue weighted by Gasteiger charge is 2.08. The molecule has 0 heterocycles. The number of halogens is 1. The quantitative estimate of drug-likeness (QED) is 0.779. The van der Waals surface area contributed by atoms with Crippen LogP contribution in [0.5, 0.6) is 5.75 Å². The average Bonchev–Trinajstić information content (AvgIpc) is 2.52. The van der Waals surface area contributed by atoms with Gasteiger partial charge in [-0.3, -0.25) is 0 Å². The molecule has 0 aliphatic heterocycles. The average molecular weight is 304 g/mol. The van der Waals surface area contributed by atoms with Crippen molar-refractivity contribution in [2.24, 2.45) is 0 Å². The molecule has 2 aromatic carbocycles. The number of rotatable bonds is 7. The Morgan fingerprint density at radius 2 is 1.90 bits per heavy atom. The monoisotopic (exact) mass is 303 g/mol. The van der Waals surface area contributed by atoms with Crippen molar-refractivity contribution in [2.45, 2.75) is 32.9 Å². The van der Waals surface area contributed by atoms with Gasteiger partial charge in [0.1, 0.15) is 5.75 Å². The molecule has 21 heavy (non-hydrogen) atoms. The van der Waals surface area contributed by atoms with Crippen LogP contribution in [0.4, 0.5) is 0 Å². The summed E-state index contributed by atoms with van der Waals surface area (Å²) in [7, 11) is 0. The zero-order chi connectivity index (χ0) is 15.1. The lowest BCUT2D eigenvalue weighted by Gasteiger charge is -2.17. The van der Waals surface area contributed by atoms with E-state index in [9.17, 15) is 0 Å². The van der Waals surface area contributed by atoms with E-state index in [1.165, 1.54) is 5.56 Å². The van der Waals surface area contributed by atoms with E-state index in [1.54, 1.807) is 0 Å². The molecular formula is C18H22ClNO. The predicted molar refractivity (Wildman–Crippen MR) is 88.9 cm³/mol. The number of ether oxygens (including phenoxy) is 1. The third kappa shape index (κ3) is 4.76. The summed E-state index contributed by atoms with van der Waals surface area (Å²) in [4.78, 5) is 0. The van der Waals surface area contributed by atoms with Gasteiger partial charge < -0.3 is 10.1 Å². The fraction of sp³-hybridized carbons (Fsp3) is 0.333. The first-order valence-electron chi connectivity index (χ1n) is 7.40. The summed E-state index contributed by atoms with van der Waals surface area (Å²) in [6.07, 6.45) is 0.996. The Morgan fingerprint density at radius 1 is 1.14 bits per heavy atom. The van der Waals surface area contributed by atoms with Crippen LogP contribution in [0.25, 0.3) is 0 Å². The van der Waals surface area contributed by atoms with Crippen LogP contribution in [0.15, 0.2) is 48.5 Å². The summed E-state index contributed by atoms with van der Waals surface area (Å²) in [5, 5.41) is 4.26. The van der Waals surface area contributed by atoms with Crippen LogP contribution in [-0.4, -0.2) is 6.61 Å². The maximum absolute atomic E-state index is 6.10. The van der Waals surface area contributed by atoms with Crippen molar-refractivity contribution in [3.8, 4) is 5.75 Å². The fourth-order valence-electron chi connectivity index (χ4n) is 2.16. The molecule has 0 unspecified atom stereocenters. The highest BCUT2D eigenvalue weighted by atomic mass is 35.5. The smallest absolute Gasteiger partial charge is 0.123 e. The van der Waals surface area contributed by atoms with E-state index in [1.807, 2.05) is 24.3 Å². The predicted octanol–water partition coefficient (Wildman–Crippen LogP) is 4.98. The minimum atomic E-state index is 0.282. The van der Waals surface area contributed by atoms with Crippen molar-refractivity contribution in [2.75, 3.05) is 6.61 Å². The molecule has 0 spiro atoms. The van der Waals surface area contributed by atoms with Gasteiger partial charge in [-0.2, -0.15) is 0 Å². The van der Waals surface area contributed by atoms with Crippen LogP contribution in [-0.2, 0) is 6.54 Å². The SMILES string of the molecule is CCCOc1ccc(Cl)cc1CN[C@@H](C)c1ccccc1. The topological polar surface area (TPSA) is 21.3 Å². The minimum absolute atomic E-state index is 0.282. The molecular weight excluding hydrogens is 282 g/mol. The Labute approximate surface area is 132 Å². The molecule has 0 aromatic heterocycles. The van der Waals surface area contributed by atoms with Crippen molar-refractivity contribution < 1.29 is 4.74 Å². The van der Waals surface area contributed by atoms with Crippen molar-refractivity contribution in [3.05, 3.63) is 64.7 Å². The van der Waals surface area contributed by atoms with Crippen molar-refractivity contribution in [1.29, 1.82) is 0 Å². The van der Waals surface area contributed by atoms with Gasteiger partial charge in [0.25, 0.3) is 0 Å². The normalized spacial score (nSPS) is 12.1. The zero-order valence-corrected chi connectivity index (χ0v) is 13.4. The number of benzene rings is 2. The molecule has 0 aliphatic rings. The van der Waals surface area contributed by atoms with Gasteiger partial charge in [0.15, 0.2) is 0 Å². The summed E-state index contributed by atoms with van der Waals surface area (Å²) in [6.45, 7) is 5.72. The molecule has 2 nitrogen and oxygen atoms in total. The van der Waals surface area contributed by atoms with E-state index in [4.69, 9.17) is 16.3 Å².